The first-order valence-electron chi connectivity index (χ1n) is 2.73. The molecule has 10 heavy (non-hydrogen) atoms. The number of esters is 1. The Morgan fingerprint density at radius 1 is 1.80 bits per heavy atom. The molecule has 0 aliphatic carbocycles. The van der Waals surface area contributed by atoms with Gasteiger partial charge in [-0.05, 0) is 6.92 Å². The van der Waals surface area contributed by atoms with E-state index in [2.05, 4.69) is 4.74 Å². The van der Waals surface area contributed by atoms with Crippen molar-refractivity contribution in [2.75, 3.05) is 13.2 Å². The normalized spacial score (nSPS) is 11.5. The Morgan fingerprint density at radius 2 is 2.30 bits per heavy atom. The average Bonchev–Trinajstić information content (AvgIpc) is 1.87. The molecule has 0 amide bonds. The van der Waals surface area contributed by atoms with Crippen molar-refractivity contribution in [2.24, 2.45) is 5.73 Å². The third-order valence-electron chi connectivity index (χ3n) is 0.749. The first kappa shape index (κ1) is 12.3. The monoisotopic (exact) mass is 171 g/mol. The van der Waals surface area contributed by atoms with Gasteiger partial charge in [0.25, 0.3) is 0 Å². The lowest BCUT2D eigenvalue weighted by Crippen LogP contribution is -2.26. The highest BCUT2D eigenvalue weighted by molar-refractivity contribution is 5.85. The molecule has 5 heteroatoms. The van der Waals surface area contributed by atoms with E-state index >= 15 is 0 Å². The smallest absolute Gasteiger partial charge is 0.342 e. The maximum absolute atomic E-state index is 12.1. The van der Waals surface area contributed by atoms with Crippen LogP contribution in [0.25, 0.3) is 0 Å². The van der Waals surface area contributed by atoms with Gasteiger partial charge in [-0.25, -0.2) is 9.18 Å². The van der Waals surface area contributed by atoms with Crippen molar-refractivity contribution in [3.05, 3.63) is 0 Å². The number of carbonyl (C=O) groups excluding carboxylic acids is 1. The molecule has 0 aromatic heterocycles. The molecular formula is C5H11ClFNO2. The van der Waals surface area contributed by atoms with Crippen molar-refractivity contribution >= 4 is 18.4 Å². The molecule has 0 rings (SSSR count). The predicted molar refractivity (Wildman–Crippen MR) is 37.8 cm³/mol. The minimum absolute atomic E-state index is 0. The van der Waals surface area contributed by atoms with E-state index in [-0.39, 0.29) is 25.6 Å². The predicted octanol–water partition coefficient (Wildman–Crippen LogP) is 0.268. The molecule has 0 aliphatic rings. The van der Waals surface area contributed by atoms with Crippen LogP contribution in [0.15, 0.2) is 0 Å². The highest BCUT2D eigenvalue weighted by atomic mass is 35.5. The SMILES string of the molecule is CCOC(=O)[C@H](F)CN.Cl. The molecule has 0 radical (unpaired) electrons. The van der Waals surface area contributed by atoms with Gasteiger partial charge in [0.2, 0.25) is 6.17 Å². The molecule has 62 valence electrons. The first-order valence-corrected chi connectivity index (χ1v) is 2.73. The zero-order chi connectivity index (χ0) is 7.28. The summed E-state index contributed by atoms with van der Waals surface area (Å²) >= 11 is 0. The number of carbonyl (C=O) groups is 1. The van der Waals surface area contributed by atoms with Gasteiger partial charge < -0.3 is 10.5 Å². The van der Waals surface area contributed by atoms with Crippen molar-refractivity contribution < 1.29 is 13.9 Å². The van der Waals surface area contributed by atoms with Crippen LogP contribution in [0.1, 0.15) is 6.92 Å². The number of hydrogen-bond acceptors (Lipinski definition) is 3. The molecule has 1 atom stereocenters. The second-order valence-electron chi connectivity index (χ2n) is 1.46. The van der Waals surface area contributed by atoms with Crippen molar-refractivity contribution in [1.29, 1.82) is 0 Å². The van der Waals surface area contributed by atoms with Gasteiger partial charge in [0.1, 0.15) is 0 Å². The highest BCUT2D eigenvalue weighted by Gasteiger charge is 2.14. The lowest BCUT2D eigenvalue weighted by Gasteiger charge is -2.02. The molecule has 0 bridgehead atoms. The fraction of sp³-hybridized carbons (Fsp3) is 0.800. The molecule has 0 spiro atoms. The summed E-state index contributed by atoms with van der Waals surface area (Å²) in [7, 11) is 0. The maximum Gasteiger partial charge on any atom is 0.342 e. The van der Waals surface area contributed by atoms with Crippen LogP contribution in [0, 0.1) is 0 Å². The molecule has 0 aromatic carbocycles. The Labute approximate surface area is 65.1 Å². The largest absolute Gasteiger partial charge is 0.464 e. The number of nitrogens with two attached hydrogens (primary N) is 1. The molecular weight excluding hydrogens is 161 g/mol. The maximum atomic E-state index is 12.1. The number of ether oxygens (including phenoxy) is 1. The Bertz CT molecular complexity index is 102. The summed E-state index contributed by atoms with van der Waals surface area (Å²) in [6, 6.07) is 0. The molecule has 0 aromatic rings. The highest BCUT2D eigenvalue weighted by Crippen LogP contribution is 1.90. The average molecular weight is 172 g/mol. The molecule has 0 unspecified atom stereocenters. The summed E-state index contributed by atoms with van der Waals surface area (Å²) in [5.41, 5.74) is 4.83. The van der Waals surface area contributed by atoms with Gasteiger partial charge in [-0.15, -0.1) is 12.4 Å². The molecule has 0 saturated heterocycles. The van der Waals surface area contributed by atoms with Gasteiger partial charge in [-0.1, -0.05) is 0 Å². The summed E-state index contributed by atoms with van der Waals surface area (Å²) in [5, 5.41) is 0. The lowest BCUT2D eigenvalue weighted by molar-refractivity contribution is -0.148. The minimum atomic E-state index is -1.66. The summed E-state index contributed by atoms with van der Waals surface area (Å²) in [4.78, 5) is 10.3. The summed E-state index contributed by atoms with van der Waals surface area (Å²) in [5.74, 6) is -0.875. The standard InChI is InChI=1S/C5H10FNO2.ClH/c1-2-9-5(8)4(6)3-7;/h4H,2-3,7H2,1H3;1H/t4-;/m1./s1. The van der Waals surface area contributed by atoms with Crippen molar-refractivity contribution in [3.8, 4) is 0 Å². The van der Waals surface area contributed by atoms with E-state index in [1.807, 2.05) is 0 Å². The van der Waals surface area contributed by atoms with E-state index in [0.29, 0.717) is 0 Å². The molecule has 3 nitrogen and oxygen atoms in total. The van der Waals surface area contributed by atoms with Gasteiger partial charge in [0.05, 0.1) is 6.61 Å². The topological polar surface area (TPSA) is 52.3 Å². The van der Waals surface area contributed by atoms with Crippen LogP contribution in [-0.2, 0) is 9.53 Å². The third-order valence-corrected chi connectivity index (χ3v) is 0.749. The minimum Gasteiger partial charge on any atom is -0.464 e. The number of alkyl halides is 1. The van der Waals surface area contributed by atoms with Crippen LogP contribution in [0.5, 0.6) is 0 Å². The van der Waals surface area contributed by atoms with Gasteiger partial charge in [0.15, 0.2) is 0 Å². The van der Waals surface area contributed by atoms with E-state index in [4.69, 9.17) is 5.73 Å². The first-order chi connectivity index (χ1) is 4.22. The van der Waals surface area contributed by atoms with E-state index in [9.17, 15) is 9.18 Å². The third kappa shape index (κ3) is 4.52. The Kier molecular flexibility index (Phi) is 8.35. The molecule has 0 fully saturated rings. The quantitative estimate of drug-likeness (QED) is 0.621. The van der Waals surface area contributed by atoms with E-state index in [0.717, 1.165) is 0 Å². The summed E-state index contributed by atoms with van der Waals surface area (Å²) < 4.78 is 16.4. The van der Waals surface area contributed by atoms with E-state index in [1.165, 1.54) is 0 Å². The molecule has 0 aliphatic heterocycles. The second-order valence-corrected chi connectivity index (χ2v) is 1.46. The fourth-order valence-corrected chi connectivity index (χ4v) is 0.329. The van der Waals surface area contributed by atoms with Crippen LogP contribution >= 0.6 is 12.4 Å². The fourth-order valence-electron chi connectivity index (χ4n) is 0.329. The van der Waals surface area contributed by atoms with E-state index < -0.39 is 12.1 Å². The van der Waals surface area contributed by atoms with Crippen LogP contribution in [0.3, 0.4) is 0 Å². The Balaban J connectivity index is 0. The van der Waals surface area contributed by atoms with Crippen LogP contribution in [0.4, 0.5) is 4.39 Å². The zero-order valence-corrected chi connectivity index (χ0v) is 6.49. The van der Waals surface area contributed by atoms with Crippen LogP contribution in [0.2, 0.25) is 0 Å². The van der Waals surface area contributed by atoms with E-state index in [1.54, 1.807) is 6.92 Å². The Hall–Kier alpha value is -0.350. The van der Waals surface area contributed by atoms with Crippen molar-refractivity contribution in [3.63, 3.8) is 0 Å². The summed E-state index contributed by atoms with van der Waals surface area (Å²) in [6.45, 7) is 1.50. The molecule has 2 N–H and O–H groups in total. The molecule has 0 heterocycles. The zero-order valence-electron chi connectivity index (χ0n) is 5.67. The summed E-state index contributed by atoms with van der Waals surface area (Å²) in [6.07, 6.45) is -1.66. The van der Waals surface area contributed by atoms with Gasteiger partial charge in [0, 0.05) is 6.54 Å². The second kappa shape index (κ2) is 6.77. The number of rotatable bonds is 3. The molecule has 0 saturated carbocycles. The van der Waals surface area contributed by atoms with Crippen molar-refractivity contribution in [1.82, 2.24) is 0 Å². The van der Waals surface area contributed by atoms with Gasteiger partial charge >= 0.3 is 5.97 Å². The van der Waals surface area contributed by atoms with Crippen LogP contribution in [-0.4, -0.2) is 25.3 Å². The lowest BCUT2D eigenvalue weighted by atomic mass is 10.4. The number of halogens is 2. The van der Waals surface area contributed by atoms with Crippen molar-refractivity contribution in [2.45, 2.75) is 13.1 Å². The van der Waals surface area contributed by atoms with Gasteiger partial charge in [-0.3, -0.25) is 0 Å². The van der Waals surface area contributed by atoms with Gasteiger partial charge in [-0.2, -0.15) is 0 Å². The number of hydrogen-bond donors (Lipinski definition) is 1. The van der Waals surface area contributed by atoms with Crippen LogP contribution < -0.4 is 5.73 Å². The Morgan fingerprint density at radius 3 is 2.60 bits per heavy atom.